The van der Waals surface area contributed by atoms with Gasteiger partial charge in [0.2, 0.25) is 0 Å². The first-order chi connectivity index (χ1) is 13.5. The molecule has 0 fully saturated rings. The smallest absolute Gasteiger partial charge is 0.143 e. The molecular formula is C26H20F2. The Morgan fingerprint density at radius 1 is 0.679 bits per heavy atom. The summed E-state index contributed by atoms with van der Waals surface area (Å²) < 4.78 is 28.7. The predicted molar refractivity (Wildman–Crippen MR) is 110 cm³/mol. The Kier molecular flexibility index (Phi) is 6.25. The van der Waals surface area contributed by atoms with Crippen molar-refractivity contribution in [2.75, 3.05) is 0 Å². The third kappa shape index (κ3) is 5.09. The second-order valence-electron chi connectivity index (χ2n) is 6.63. The molecule has 0 N–H and O–H groups in total. The number of rotatable bonds is 2. The lowest BCUT2D eigenvalue weighted by Crippen LogP contribution is -1.92. The quantitative estimate of drug-likeness (QED) is 0.484. The first kappa shape index (κ1) is 19.4. The van der Waals surface area contributed by atoms with Crippen LogP contribution in [0.1, 0.15) is 46.7 Å². The van der Waals surface area contributed by atoms with Gasteiger partial charge in [0.15, 0.2) is 0 Å². The molecule has 138 valence electrons. The molecule has 0 radical (unpaired) electrons. The normalized spacial score (nSPS) is 9.86. The summed E-state index contributed by atoms with van der Waals surface area (Å²) in [5.41, 5.74) is 3.92. The number of benzene rings is 3. The molecule has 28 heavy (non-hydrogen) atoms. The molecule has 0 amide bonds. The van der Waals surface area contributed by atoms with E-state index in [0.29, 0.717) is 5.56 Å². The van der Waals surface area contributed by atoms with Crippen LogP contribution in [0.3, 0.4) is 0 Å². The molecule has 0 spiro atoms. The van der Waals surface area contributed by atoms with Crippen LogP contribution in [0.25, 0.3) is 0 Å². The minimum absolute atomic E-state index is 0.241. The lowest BCUT2D eigenvalue weighted by atomic mass is 10.1. The average Bonchev–Trinajstić information content (AvgIpc) is 2.68. The van der Waals surface area contributed by atoms with Crippen LogP contribution in [0.4, 0.5) is 8.78 Å². The maximum absolute atomic E-state index is 14.3. The predicted octanol–water partition coefficient (Wildman–Crippen LogP) is 6.03. The van der Waals surface area contributed by atoms with E-state index in [-0.39, 0.29) is 11.1 Å². The molecule has 0 aliphatic rings. The van der Waals surface area contributed by atoms with Gasteiger partial charge in [0, 0.05) is 16.7 Å². The van der Waals surface area contributed by atoms with Gasteiger partial charge in [-0.05, 0) is 55.3 Å². The fourth-order valence-electron chi connectivity index (χ4n) is 2.72. The fraction of sp³-hybridized carbons (Fsp3) is 0.154. The standard InChI is InChI=1S/C26H20F2/c1-3-4-20-9-11-22(12-10-20)13-14-23-17-25(27)24(26(28)18-23)16-15-21-7-5-19(2)6-8-21/h5-12,17-18H,3-4H2,1-2H3. The van der Waals surface area contributed by atoms with Gasteiger partial charge < -0.3 is 0 Å². The third-order valence-electron chi connectivity index (χ3n) is 4.27. The highest BCUT2D eigenvalue weighted by Gasteiger charge is 2.08. The van der Waals surface area contributed by atoms with E-state index in [0.717, 1.165) is 24.0 Å². The molecule has 0 aliphatic heterocycles. The first-order valence-corrected chi connectivity index (χ1v) is 9.24. The summed E-state index contributed by atoms with van der Waals surface area (Å²) in [6, 6.07) is 17.8. The van der Waals surface area contributed by atoms with Crippen molar-refractivity contribution >= 4 is 0 Å². The Bertz CT molecular complexity index is 1060. The first-order valence-electron chi connectivity index (χ1n) is 9.24. The van der Waals surface area contributed by atoms with Gasteiger partial charge in [-0.1, -0.05) is 66.9 Å². The van der Waals surface area contributed by atoms with Crippen molar-refractivity contribution in [3.05, 3.63) is 106 Å². The van der Waals surface area contributed by atoms with E-state index < -0.39 is 11.6 Å². The molecule has 0 saturated heterocycles. The van der Waals surface area contributed by atoms with Gasteiger partial charge in [-0.25, -0.2) is 8.78 Å². The monoisotopic (exact) mass is 370 g/mol. The largest absolute Gasteiger partial charge is 0.205 e. The zero-order valence-corrected chi connectivity index (χ0v) is 15.9. The van der Waals surface area contributed by atoms with E-state index in [1.165, 1.54) is 17.7 Å². The Labute approximate surface area is 165 Å². The zero-order valence-electron chi connectivity index (χ0n) is 15.9. The molecule has 0 atom stereocenters. The number of hydrogen-bond donors (Lipinski definition) is 0. The number of halogens is 2. The van der Waals surface area contributed by atoms with E-state index in [4.69, 9.17) is 0 Å². The summed E-state index contributed by atoms with van der Waals surface area (Å²) in [6.45, 7) is 4.10. The van der Waals surface area contributed by atoms with Crippen LogP contribution < -0.4 is 0 Å². The van der Waals surface area contributed by atoms with Crippen molar-refractivity contribution in [1.82, 2.24) is 0 Å². The number of hydrogen-bond acceptors (Lipinski definition) is 0. The Morgan fingerprint density at radius 3 is 1.75 bits per heavy atom. The SMILES string of the molecule is CCCc1ccc(C#Cc2cc(F)c(C#Cc3ccc(C)cc3)c(F)c2)cc1. The molecule has 0 aromatic heterocycles. The Hall–Kier alpha value is -3.36. The Balaban J connectivity index is 1.82. The molecule has 0 saturated carbocycles. The van der Waals surface area contributed by atoms with Crippen LogP contribution >= 0.6 is 0 Å². The molecular weight excluding hydrogens is 350 g/mol. The molecule has 3 aromatic rings. The van der Waals surface area contributed by atoms with Crippen molar-refractivity contribution in [2.24, 2.45) is 0 Å². The van der Waals surface area contributed by atoms with Crippen LogP contribution in [0, 0.1) is 42.2 Å². The van der Waals surface area contributed by atoms with Crippen LogP contribution in [0.15, 0.2) is 60.7 Å². The van der Waals surface area contributed by atoms with Crippen LogP contribution in [0.5, 0.6) is 0 Å². The van der Waals surface area contributed by atoms with E-state index in [1.807, 2.05) is 55.5 Å². The Morgan fingerprint density at radius 2 is 1.18 bits per heavy atom. The molecule has 0 heterocycles. The summed E-state index contributed by atoms with van der Waals surface area (Å²) in [5.74, 6) is 9.74. The van der Waals surface area contributed by atoms with E-state index in [1.54, 1.807) is 0 Å². The zero-order chi connectivity index (χ0) is 19.9. The van der Waals surface area contributed by atoms with Gasteiger partial charge in [0.25, 0.3) is 0 Å². The summed E-state index contributed by atoms with van der Waals surface area (Å²) in [7, 11) is 0. The van der Waals surface area contributed by atoms with Gasteiger partial charge in [0.1, 0.15) is 11.6 Å². The molecule has 3 rings (SSSR count). The third-order valence-corrected chi connectivity index (χ3v) is 4.27. The van der Waals surface area contributed by atoms with Crippen LogP contribution in [0.2, 0.25) is 0 Å². The van der Waals surface area contributed by atoms with Gasteiger partial charge in [-0.2, -0.15) is 0 Å². The van der Waals surface area contributed by atoms with Crippen molar-refractivity contribution < 1.29 is 8.78 Å². The highest BCUT2D eigenvalue weighted by atomic mass is 19.1. The highest BCUT2D eigenvalue weighted by Crippen LogP contribution is 2.15. The van der Waals surface area contributed by atoms with Crippen LogP contribution in [-0.4, -0.2) is 0 Å². The summed E-state index contributed by atoms with van der Waals surface area (Å²) in [4.78, 5) is 0. The number of aryl methyl sites for hydroxylation is 2. The second kappa shape index (κ2) is 9.03. The van der Waals surface area contributed by atoms with Crippen molar-refractivity contribution in [3.63, 3.8) is 0 Å². The van der Waals surface area contributed by atoms with Gasteiger partial charge in [0.05, 0.1) is 5.56 Å². The van der Waals surface area contributed by atoms with Crippen LogP contribution in [-0.2, 0) is 6.42 Å². The minimum Gasteiger partial charge on any atom is -0.205 e. The molecule has 0 bridgehead atoms. The van der Waals surface area contributed by atoms with Crippen molar-refractivity contribution in [1.29, 1.82) is 0 Å². The van der Waals surface area contributed by atoms with E-state index in [2.05, 4.69) is 30.6 Å². The lowest BCUT2D eigenvalue weighted by molar-refractivity contribution is 0.577. The summed E-state index contributed by atoms with van der Waals surface area (Å²) >= 11 is 0. The maximum Gasteiger partial charge on any atom is 0.143 e. The average molecular weight is 370 g/mol. The highest BCUT2D eigenvalue weighted by molar-refractivity contribution is 5.49. The molecule has 0 aliphatic carbocycles. The van der Waals surface area contributed by atoms with E-state index >= 15 is 0 Å². The minimum atomic E-state index is -0.706. The summed E-state index contributed by atoms with van der Waals surface area (Å²) in [5, 5.41) is 0. The molecule has 3 aromatic carbocycles. The molecule has 0 unspecified atom stereocenters. The maximum atomic E-state index is 14.3. The summed E-state index contributed by atoms with van der Waals surface area (Å²) in [6.07, 6.45) is 2.11. The van der Waals surface area contributed by atoms with Gasteiger partial charge in [-0.3, -0.25) is 0 Å². The lowest BCUT2D eigenvalue weighted by Gasteiger charge is -2.00. The molecule has 0 nitrogen and oxygen atoms in total. The topological polar surface area (TPSA) is 0 Å². The fourth-order valence-corrected chi connectivity index (χ4v) is 2.72. The van der Waals surface area contributed by atoms with Gasteiger partial charge >= 0.3 is 0 Å². The van der Waals surface area contributed by atoms with Crippen molar-refractivity contribution in [2.45, 2.75) is 26.7 Å². The van der Waals surface area contributed by atoms with E-state index in [9.17, 15) is 8.78 Å². The molecule has 2 heteroatoms. The van der Waals surface area contributed by atoms with Crippen molar-refractivity contribution in [3.8, 4) is 23.7 Å². The van der Waals surface area contributed by atoms with Gasteiger partial charge in [-0.15, -0.1) is 0 Å². The second-order valence-corrected chi connectivity index (χ2v) is 6.63.